The van der Waals surface area contributed by atoms with Gasteiger partial charge in [0.25, 0.3) is 5.91 Å². The van der Waals surface area contributed by atoms with Crippen LogP contribution in [0.2, 0.25) is 0 Å². The molecule has 2 aromatic heterocycles. The van der Waals surface area contributed by atoms with E-state index in [0.29, 0.717) is 16.3 Å². The monoisotopic (exact) mass is 425 g/mol. The number of aromatic nitrogens is 2. The standard InChI is InChI=1S/C22H23N3O4S/c1-14-9-11-19(30-14)18(26)10-12-21(28)29-13-20(27)23-22-15(2)24-25(16(22)3)17-7-5-4-6-8-17/h4-9,11H,10,12-13H2,1-3H3,(H,23,27). The van der Waals surface area contributed by atoms with Gasteiger partial charge in [-0.2, -0.15) is 5.10 Å². The van der Waals surface area contributed by atoms with Crippen LogP contribution in [-0.2, 0) is 14.3 Å². The molecule has 1 amide bonds. The lowest BCUT2D eigenvalue weighted by Gasteiger charge is -2.08. The van der Waals surface area contributed by atoms with E-state index in [2.05, 4.69) is 10.4 Å². The number of Topliss-reactive ketones (excluding diaryl/α,β-unsaturated/α-hetero) is 1. The third kappa shape index (κ3) is 5.21. The van der Waals surface area contributed by atoms with Crippen LogP contribution in [0.4, 0.5) is 5.69 Å². The maximum Gasteiger partial charge on any atom is 0.306 e. The lowest BCUT2D eigenvalue weighted by Crippen LogP contribution is -2.21. The van der Waals surface area contributed by atoms with Crippen molar-refractivity contribution < 1.29 is 19.1 Å². The van der Waals surface area contributed by atoms with Crippen LogP contribution in [0.25, 0.3) is 5.69 Å². The molecule has 0 atom stereocenters. The highest BCUT2D eigenvalue weighted by Gasteiger charge is 2.17. The van der Waals surface area contributed by atoms with Crippen molar-refractivity contribution in [3.8, 4) is 5.69 Å². The molecular formula is C22H23N3O4S. The first-order valence-corrected chi connectivity index (χ1v) is 10.3. The van der Waals surface area contributed by atoms with Crippen LogP contribution in [0.15, 0.2) is 42.5 Å². The second kappa shape index (κ2) is 9.49. The van der Waals surface area contributed by atoms with Gasteiger partial charge < -0.3 is 10.1 Å². The fraction of sp³-hybridized carbons (Fsp3) is 0.273. The molecule has 3 aromatic rings. The first-order valence-electron chi connectivity index (χ1n) is 9.52. The Kier molecular flexibility index (Phi) is 6.79. The number of carbonyl (C=O) groups excluding carboxylic acids is 3. The summed E-state index contributed by atoms with van der Waals surface area (Å²) < 4.78 is 6.76. The lowest BCUT2D eigenvalue weighted by atomic mass is 10.2. The van der Waals surface area contributed by atoms with E-state index in [1.54, 1.807) is 17.7 Å². The molecule has 8 heteroatoms. The summed E-state index contributed by atoms with van der Waals surface area (Å²) in [6.45, 7) is 5.15. The number of amides is 1. The second-order valence-electron chi connectivity index (χ2n) is 6.84. The molecule has 0 aliphatic carbocycles. The molecule has 0 aliphatic heterocycles. The highest BCUT2D eigenvalue weighted by atomic mass is 32.1. The third-order valence-electron chi connectivity index (χ3n) is 4.49. The number of carbonyl (C=O) groups is 3. The van der Waals surface area contributed by atoms with Crippen LogP contribution in [0.5, 0.6) is 0 Å². The minimum absolute atomic E-state index is 0.0580. The number of nitrogens with zero attached hydrogens (tertiary/aromatic N) is 2. The Labute approximate surface area is 178 Å². The van der Waals surface area contributed by atoms with E-state index in [0.717, 1.165) is 16.3 Å². The molecular weight excluding hydrogens is 402 g/mol. The van der Waals surface area contributed by atoms with E-state index < -0.39 is 18.5 Å². The van der Waals surface area contributed by atoms with E-state index in [1.807, 2.05) is 50.2 Å². The second-order valence-corrected chi connectivity index (χ2v) is 8.12. The number of ether oxygens (including phenoxy) is 1. The predicted molar refractivity (Wildman–Crippen MR) is 115 cm³/mol. The number of para-hydroxylation sites is 1. The van der Waals surface area contributed by atoms with E-state index in [9.17, 15) is 14.4 Å². The quantitative estimate of drug-likeness (QED) is 0.435. The number of hydrogen-bond acceptors (Lipinski definition) is 6. The Hall–Kier alpha value is -3.26. The van der Waals surface area contributed by atoms with E-state index >= 15 is 0 Å². The molecule has 7 nitrogen and oxygen atoms in total. The van der Waals surface area contributed by atoms with E-state index in [4.69, 9.17) is 4.74 Å². The average molecular weight is 426 g/mol. The number of hydrogen-bond donors (Lipinski definition) is 1. The van der Waals surface area contributed by atoms with Gasteiger partial charge in [-0.3, -0.25) is 14.4 Å². The van der Waals surface area contributed by atoms with Gasteiger partial charge in [0.1, 0.15) is 0 Å². The van der Waals surface area contributed by atoms with Gasteiger partial charge in [-0.1, -0.05) is 18.2 Å². The van der Waals surface area contributed by atoms with Gasteiger partial charge >= 0.3 is 5.97 Å². The van der Waals surface area contributed by atoms with Crippen LogP contribution in [0, 0.1) is 20.8 Å². The smallest absolute Gasteiger partial charge is 0.306 e. The SMILES string of the molecule is Cc1ccc(C(=O)CCC(=O)OCC(=O)Nc2c(C)nn(-c3ccccc3)c2C)s1. The first kappa shape index (κ1) is 21.4. The van der Waals surface area contributed by atoms with Gasteiger partial charge in [0, 0.05) is 11.3 Å². The number of nitrogens with one attached hydrogen (secondary N) is 1. The Morgan fingerprint density at radius 3 is 2.43 bits per heavy atom. The fourth-order valence-electron chi connectivity index (χ4n) is 2.96. The molecule has 0 unspecified atom stereocenters. The van der Waals surface area contributed by atoms with Gasteiger partial charge in [-0.05, 0) is 45.0 Å². The number of rotatable bonds is 8. The molecule has 1 N–H and O–H groups in total. The number of thiophene rings is 1. The van der Waals surface area contributed by atoms with Crippen LogP contribution in [0.1, 0.15) is 38.8 Å². The normalized spacial score (nSPS) is 10.6. The summed E-state index contributed by atoms with van der Waals surface area (Å²) in [6.07, 6.45) is -0.00444. The molecule has 156 valence electrons. The van der Waals surface area contributed by atoms with Crippen LogP contribution in [0.3, 0.4) is 0 Å². The summed E-state index contributed by atoms with van der Waals surface area (Å²) in [5.74, 6) is -1.14. The van der Waals surface area contributed by atoms with Gasteiger partial charge in [-0.15, -0.1) is 11.3 Å². The molecule has 0 saturated heterocycles. The molecule has 0 spiro atoms. The maximum absolute atomic E-state index is 12.2. The van der Waals surface area contributed by atoms with Crippen molar-refractivity contribution in [3.05, 3.63) is 63.6 Å². The largest absolute Gasteiger partial charge is 0.456 e. The molecule has 0 aliphatic rings. The highest BCUT2D eigenvalue weighted by molar-refractivity contribution is 7.14. The predicted octanol–water partition coefficient (Wildman–Crippen LogP) is 4.00. The summed E-state index contributed by atoms with van der Waals surface area (Å²) >= 11 is 1.40. The number of esters is 1. The minimum atomic E-state index is -0.583. The summed E-state index contributed by atoms with van der Waals surface area (Å²) in [5, 5.41) is 7.22. The van der Waals surface area contributed by atoms with Crippen LogP contribution >= 0.6 is 11.3 Å². The van der Waals surface area contributed by atoms with Gasteiger partial charge in [-0.25, -0.2) is 4.68 Å². The molecule has 30 heavy (non-hydrogen) atoms. The van der Waals surface area contributed by atoms with Crippen molar-refractivity contribution >= 4 is 34.7 Å². The van der Waals surface area contributed by atoms with Crippen molar-refractivity contribution in [1.29, 1.82) is 0 Å². The van der Waals surface area contributed by atoms with E-state index in [-0.39, 0.29) is 18.6 Å². The molecule has 0 fully saturated rings. The molecule has 0 saturated carbocycles. The first-order chi connectivity index (χ1) is 14.3. The highest BCUT2D eigenvalue weighted by Crippen LogP contribution is 2.22. The Morgan fingerprint density at radius 1 is 1.03 bits per heavy atom. The fourth-order valence-corrected chi connectivity index (χ4v) is 3.80. The van der Waals surface area contributed by atoms with E-state index in [1.165, 1.54) is 11.3 Å². The van der Waals surface area contributed by atoms with Crippen molar-refractivity contribution in [2.45, 2.75) is 33.6 Å². The maximum atomic E-state index is 12.2. The van der Waals surface area contributed by atoms with Gasteiger partial charge in [0.05, 0.1) is 34.1 Å². The van der Waals surface area contributed by atoms with Crippen LogP contribution in [-0.4, -0.2) is 34.0 Å². The zero-order chi connectivity index (χ0) is 21.7. The number of anilines is 1. The minimum Gasteiger partial charge on any atom is -0.456 e. The molecule has 0 radical (unpaired) electrons. The van der Waals surface area contributed by atoms with Crippen molar-refractivity contribution in [2.24, 2.45) is 0 Å². The summed E-state index contributed by atoms with van der Waals surface area (Å²) in [7, 11) is 0. The van der Waals surface area contributed by atoms with Crippen LogP contribution < -0.4 is 5.32 Å². The number of aryl methyl sites for hydroxylation is 2. The average Bonchev–Trinajstić information content (AvgIpc) is 3.29. The lowest BCUT2D eigenvalue weighted by molar-refractivity contribution is -0.147. The van der Waals surface area contributed by atoms with Gasteiger partial charge in [0.2, 0.25) is 0 Å². The zero-order valence-electron chi connectivity index (χ0n) is 17.1. The van der Waals surface area contributed by atoms with Crippen molar-refractivity contribution in [1.82, 2.24) is 9.78 Å². The topological polar surface area (TPSA) is 90.3 Å². The summed E-state index contributed by atoms with van der Waals surface area (Å²) in [4.78, 5) is 37.9. The Morgan fingerprint density at radius 2 is 1.77 bits per heavy atom. The van der Waals surface area contributed by atoms with Gasteiger partial charge in [0.15, 0.2) is 12.4 Å². The number of ketones is 1. The third-order valence-corrected chi connectivity index (χ3v) is 5.53. The molecule has 0 bridgehead atoms. The molecule has 1 aromatic carbocycles. The summed E-state index contributed by atoms with van der Waals surface area (Å²) in [5.41, 5.74) is 2.90. The molecule has 2 heterocycles. The summed E-state index contributed by atoms with van der Waals surface area (Å²) in [6, 6.07) is 13.2. The molecule has 3 rings (SSSR count). The zero-order valence-corrected chi connectivity index (χ0v) is 17.9. The van der Waals surface area contributed by atoms with Crippen molar-refractivity contribution in [2.75, 3.05) is 11.9 Å². The Balaban J connectivity index is 1.50. The van der Waals surface area contributed by atoms with Crippen molar-refractivity contribution in [3.63, 3.8) is 0 Å². The number of benzene rings is 1. The Bertz CT molecular complexity index is 1070.